The van der Waals surface area contributed by atoms with Crippen molar-refractivity contribution < 1.29 is 9.53 Å². The van der Waals surface area contributed by atoms with Gasteiger partial charge in [0.1, 0.15) is 11.6 Å². The number of aromatic amines is 1. The molecule has 0 aliphatic carbocycles. The molecule has 3 heterocycles. The molecule has 7 nitrogen and oxygen atoms in total. The molecule has 3 N–H and O–H groups in total. The van der Waals surface area contributed by atoms with Gasteiger partial charge in [0.05, 0.1) is 17.3 Å². The van der Waals surface area contributed by atoms with Crippen LogP contribution in [0.25, 0.3) is 11.3 Å². The maximum absolute atomic E-state index is 13.1. The van der Waals surface area contributed by atoms with Crippen LogP contribution in [0, 0.1) is 18.3 Å². The number of benzene rings is 2. The van der Waals surface area contributed by atoms with Crippen molar-refractivity contribution in [3.8, 4) is 17.3 Å². The number of hydrogen-bond acceptors (Lipinski definition) is 5. The molecule has 2 aromatic carbocycles. The van der Waals surface area contributed by atoms with Crippen molar-refractivity contribution in [3.63, 3.8) is 0 Å². The van der Waals surface area contributed by atoms with E-state index in [2.05, 4.69) is 16.0 Å². The minimum Gasteiger partial charge on any atom is -0.382 e. The summed E-state index contributed by atoms with van der Waals surface area (Å²) in [5.74, 6) is 2.00. The third kappa shape index (κ3) is 4.10. The third-order valence-electron chi connectivity index (χ3n) is 6.79. The Morgan fingerprint density at radius 1 is 1.15 bits per heavy atom. The first-order valence-electron chi connectivity index (χ1n) is 11.4. The maximum atomic E-state index is 13.1. The van der Waals surface area contributed by atoms with Gasteiger partial charge in [-0.05, 0) is 55.2 Å². The van der Waals surface area contributed by atoms with Crippen LogP contribution >= 0.6 is 0 Å². The topological polar surface area (TPSA) is 108 Å². The molecule has 2 saturated heterocycles. The van der Waals surface area contributed by atoms with Crippen LogP contribution in [-0.2, 0) is 4.74 Å². The number of imidazole rings is 1. The lowest BCUT2D eigenvalue weighted by atomic mass is 9.90. The molecule has 2 aliphatic heterocycles. The van der Waals surface area contributed by atoms with E-state index in [-0.39, 0.29) is 5.91 Å². The highest BCUT2D eigenvalue weighted by Gasteiger charge is 2.32. The lowest BCUT2D eigenvalue weighted by Crippen LogP contribution is -2.48. The van der Waals surface area contributed by atoms with Gasteiger partial charge >= 0.3 is 0 Å². The molecule has 0 unspecified atom stereocenters. The monoisotopic (exact) mass is 441 g/mol. The van der Waals surface area contributed by atoms with Gasteiger partial charge < -0.3 is 20.4 Å². The number of carbonyl (C=O) groups excluding carboxylic acids is 1. The lowest BCUT2D eigenvalue weighted by Gasteiger charge is -2.39. The quantitative estimate of drug-likeness (QED) is 0.637. The minimum atomic E-state index is 0.0175. The standard InChI is InChI=1S/C26H27N5O2/c1-16-2-5-20(26(32)31-14-21(15-31)18-6-3-17(13-27)4-7-18)12-22(16)23-24(28)30-25(29-23)19-8-10-33-11-9-19/h2-7,12,19,21H,8-11,14-15,28H2,1H3,(H,29,30). The highest BCUT2D eigenvalue weighted by Crippen LogP contribution is 2.34. The van der Waals surface area contributed by atoms with Crippen molar-refractivity contribution in [2.75, 3.05) is 32.0 Å². The number of amides is 1. The van der Waals surface area contributed by atoms with Crippen molar-refractivity contribution in [1.29, 1.82) is 5.26 Å². The second kappa shape index (κ2) is 8.72. The summed E-state index contributed by atoms with van der Waals surface area (Å²) in [5, 5.41) is 8.97. The van der Waals surface area contributed by atoms with Crippen molar-refractivity contribution >= 4 is 11.7 Å². The van der Waals surface area contributed by atoms with Crippen LogP contribution < -0.4 is 5.73 Å². The van der Waals surface area contributed by atoms with Gasteiger partial charge in [0.25, 0.3) is 5.91 Å². The summed E-state index contributed by atoms with van der Waals surface area (Å²) in [6.45, 7) is 4.84. The molecule has 2 aliphatic rings. The van der Waals surface area contributed by atoms with Crippen LogP contribution in [0.5, 0.6) is 0 Å². The van der Waals surface area contributed by atoms with Crippen molar-refractivity contribution in [3.05, 3.63) is 70.5 Å². The van der Waals surface area contributed by atoms with E-state index in [9.17, 15) is 4.79 Å². The van der Waals surface area contributed by atoms with Crippen molar-refractivity contribution in [2.24, 2.45) is 0 Å². The van der Waals surface area contributed by atoms with Crippen LogP contribution in [0.3, 0.4) is 0 Å². The van der Waals surface area contributed by atoms with Gasteiger partial charge in [-0.15, -0.1) is 0 Å². The normalized spacial score (nSPS) is 16.9. The van der Waals surface area contributed by atoms with Gasteiger partial charge in [-0.1, -0.05) is 18.2 Å². The highest BCUT2D eigenvalue weighted by molar-refractivity contribution is 5.96. The van der Waals surface area contributed by atoms with E-state index in [4.69, 9.17) is 15.7 Å². The molecule has 0 bridgehead atoms. The number of nitrogens with one attached hydrogen (secondary N) is 1. The molecule has 0 radical (unpaired) electrons. The van der Waals surface area contributed by atoms with E-state index in [0.29, 0.717) is 41.9 Å². The number of aryl methyl sites for hydroxylation is 1. The molecule has 5 rings (SSSR count). The number of nitriles is 1. The van der Waals surface area contributed by atoms with Crippen LogP contribution in [0.15, 0.2) is 42.5 Å². The molecule has 1 amide bonds. The Balaban J connectivity index is 1.32. The number of H-pyrrole nitrogens is 1. The van der Waals surface area contributed by atoms with Crippen LogP contribution in [0.1, 0.15) is 57.6 Å². The first kappa shape index (κ1) is 21.2. The zero-order valence-electron chi connectivity index (χ0n) is 18.7. The van der Waals surface area contributed by atoms with E-state index in [1.165, 1.54) is 0 Å². The average Bonchev–Trinajstić information content (AvgIpc) is 3.20. The molecule has 168 valence electrons. The maximum Gasteiger partial charge on any atom is 0.253 e. The Kier molecular flexibility index (Phi) is 5.61. The molecule has 3 aromatic rings. The van der Waals surface area contributed by atoms with Gasteiger partial charge in [-0.3, -0.25) is 4.79 Å². The molecular weight excluding hydrogens is 414 g/mol. The van der Waals surface area contributed by atoms with Gasteiger partial charge in [0.2, 0.25) is 0 Å². The number of rotatable bonds is 4. The fourth-order valence-electron chi connectivity index (χ4n) is 4.67. The van der Waals surface area contributed by atoms with E-state index in [0.717, 1.165) is 54.3 Å². The van der Waals surface area contributed by atoms with E-state index < -0.39 is 0 Å². The molecule has 33 heavy (non-hydrogen) atoms. The second-order valence-corrected chi connectivity index (χ2v) is 8.94. The average molecular weight is 442 g/mol. The smallest absolute Gasteiger partial charge is 0.253 e. The Morgan fingerprint density at radius 2 is 1.88 bits per heavy atom. The van der Waals surface area contributed by atoms with Crippen LogP contribution in [0.4, 0.5) is 5.82 Å². The second-order valence-electron chi connectivity index (χ2n) is 8.94. The summed E-state index contributed by atoms with van der Waals surface area (Å²) in [6, 6.07) is 15.5. The number of nitrogens with two attached hydrogens (primary N) is 1. The fourth-order valence-corrected chi connectivity index (χ4v) is 4.67. The molecule has 1 aromatic heterocycles. The SMILES string of the molecule is Cc1ccc(C(=O)N2CC(c3ccc(C#N)cc3)C2)cc1-c1[nH]c(C2CCOCC2)nc1N. The zero-order chi connectivity index (χ0) is 22.9. The minimum absolute atomic E-state index is 0.0175. The number of nitrogens with zero attached hydrogens (tertiary/aromatic N) is 3. The van der Waals surface area contributed by atoms with Gasteiger partial charge in [0, 0.05) is 49.3 Å². The number of anilines is 1. The van der Waals surface area contributed by atoms with E-state index in [1.807, 2.05) is 54.3 Å². The van der Waals surface area contributed by atoms with Crippen molar-refractivity contribution in [1.82, 2.24) is 14.9 Å². The van der Waals surface area contributed by atoms with Gasteiger partial charge in [-0.25, -0.2) is 4.98 Å². The predicted molar refractivity (Wildman–Crippen MR) is 126 cm³/mol. The third-order valence-corrected chi connectivity index (χ3v) is 6.79. The Morgan fingerprint density at radius 3 is 2.58 bits per heavy atom. The van der Waals surface area contributed by atoms with E-state index >= 15 is 0 Å². The summed E-state index contributed by atoms with van der Waals surface area (Å²) < 4.78 is 5.46. The number of likely N-dealkylation sites (tertiary alicyclic amines) is 1. The number of hydrogen-bond donors (Lipinski definition) is 2. The molecule has 2 fully saturated rings. The molecule has 7 heteroatoms. The molecule has 0 atom stereocenters. The first-order chi connectivity index (χ1) is 16.0. The molecule has 0 saturated carbocycles. The zero-order valence-corrected chi connectivity index (χ0v) is 18.7. The van der Waals surface area contributed by atoms with E-state index in [1.54, 1.807) is 0 Å². The summed E-state index contributed by atoms with van der Waals surface area (Å²) in [4.78, 5) is 23.0. The fraction of sp³-hybridized carbons (Fsp3) is 0.346. The predicted octanol–water partition coefficient (Wildman–Crippen LogP) is 3.97. The lowest BCUT2D eigenvalue weighted by molar-refractivity contribution is 0.0602. The molecule has 0 spiro atoms. The Labute approximate surface area is 193 Å². The number of carbonyl (C=O) groups is 1. The summed E-state index contributed by atoms with van der Waals surface area (Å²) in [5.41, 5.74) is 11.5. The largest absolute Gasteiger partial charge is 0.382 e. The van der Waals surface area contributed by atoms with Crippen LogP contribution in [0.2, 0.25) is 0 Å². The van der Waals surface area contributed by atoms with Crippen molar-refractivity contribution in [2.45, 2.75) is 31.6 Å². The van der Waals surface area contributed by atoms with Crippen LogP contribution in [-0.4, -0.2) is 47.1 Å². The number of aromatic nitrogens is 2. The molecular formula is C26H27N5O2. The Hall–Kier alpha value is -3.63. The Bertz CT molecular complexity index is 1210. The number of nitrogen functional groups attached to an aromatic ring is 1. The van der Waals surface area contributed by atoms with Gasteiger partial charge in [0.15, 0.2) is 0 Å². The highest BCUT2D eigenvalue weighted by atomic mass is 16.5. The van der Waals surface area contributed by atoms with Gasteiger partial charge in [-0.2, -0.15) is 5.26 Å². The summed E-state index contributed by atoms with van der Waals surface area (Å²) in [7, 11) is 0. The summed E-state index contributed by atoms with van der Waals surface area (Å²) >= 11 is 0. The number of ether oxygens (including phenoxy) is 1. The first-order valence-corrected chi connectivity index (χ1v) is 11.4. The summed E-state index contributed by atoms with van der Waals surface area (Å²) in [6.07, 6.45) is 1.86.